The zero-order chi connectivity index (χ0) is 41.9. The number of ether oxygens (including phenoxy) is 3. The normalized spacial score (nSPS) is 22.9. The SMILES string of the molecule is C[C@@]12C[C@]1(C(=O)OCc1ccc([N+](=O)[O-])cc1)N1C(=O)[C@@H](NC(=O)CCC[C@@H](NC(=O)OCc3ccc([N+](=O)[O-])cc3)C(=O)OCc3ccc([N+](=O)[O-])cc3)[C@H]1S2=O. The van der Waals surface area contributed by atoms with Crippen LogP contribution in [0.5, 0.6) is 0 Å². The lowest BCUT2D eigenvalue weighted by Gasteiger charge is -2.45. The summed E-state index contributed by atoms with van der Waals surface area (Å²) in [7, 11) is -1.77. The standard InChI is InChI=1S/C36H34N6O15S/c1-35-20-36(35,33(46)56-18-22-7-13-25(14-8-22)41(50)51)39-30(44)29(31(39)58(35)54)38-28(43)4-2-3-27(32(45)55-17-21-5-11-24(12-6-21)40(48)49)37-34(47)57-19-23-9-15-26(16-10-23)42(52)53/h5-16,27,29,31H,2-4,17-20H2,1H3,(H,37,47)(H,38,43)/t27-,29-,31-,35-,36-,58?/m1/s1. The lowest BCUT2D eigenvalue weighted by atomic mass is 10.00. The predicted octanol–water partition coefficient (Wildman–Crippen LogP) is 2.98. The second-order valence-electron chi connectivity index (χ2n) is 13.8. The lowest BCUT2D eigenvalue weighted by Crippen LogP contribution is -2.73. The minimum absolute atomic E-state index is 0.0270. The highest BCUT2D eigenvalue weighted by atomic mass is 32.2. The summed E-state index contributed by atoms with van der Waals surface area (Å²) in [6.07, 6.45) is -1.40. The third kappa shape index (κ3) is 8.03. The highest BCUT2D eigenvalue weighted by Gasteiger charge is 2.88. The second kappa shape index (κ2) is 16.3. The first-order chi connectivity index (χ1) is 27.5. The molecular weight excluding hydrogens is 788 g/mol. The van der Waals surface area contributed by atoms with Gasteiger partial charge in [-0.2, -0.15) is 0 Å². The highest BCUT2D eigenvalue weighted by molar-refractivity contribution is 7.88. The summed E-state index contributed by atoms with van der Waals surface area (Å²) in [6, 6.07) is 13.2. The largest absolute Gasteiger partial charge is 0.459 e. The molecule has 22 heteroatoms. The smallest absolute Gasteiger partial charge is 0.408 e. The van der Waals surface area contributed by atoms with Crippen LogP contribution in [0.4, 0.5) is 21.9 Å². The van der Waals surface area contributed by atoms with Gasteiger partial charge in [-0.15, -0.1) is 0 Å². The Bertz CT molecular complexity index is 2200. The number of benzene rings is 3. The minimum atomic E-state index is -1.77. The van der Waals surface area contributed by atoms with Gasteiger partial charge in [-0.05, 0) is 72.9 Å². The molecule has 0 spiro atoms. The van der Waals surface area contributed by atoms with E-state index in [0.717, 1.165) is 0 Å². The van der Waals surface area contributed by atoms with Crippen LogP contribution in [0.15, 0.2) is 72.8 Å². The maximum atomic E-state index is 13.6. The number of esters is 2. The van der Waals surface area contributed by atoms with Gasteiger partial charge in [0.1, 0.15) is 37.3 Å². The van der Waals surface area contributed by atoms with E-state index < -0.39 is 83.2 Å². The molecule has 58 heavy (non-hydrogen) atoms. The number of alkyl carbamates (subject to hydrolysis) is 1. The molecule has 3 aromatic carbocycles. The summed E-state index contributed by atoms with van der Waals surface area (Å²) in [5.41, 5.74) is -0.706. The summed E-state index contributed by atoms with van der Waals surface area (Å²) in [5, 5.41) is 36.7. The number of nitrogens with zero attached hydrogens (tertiary/aromatic N) is 4. The molecule has 1 unspecified atom stereocenters. The number of hydrogen-bond acceptors (Lipinski definition) is 15. The second-order valence-corrected chi connectivity index (χ2v) is 15.8. The van der Waals surface area contributed by atoms with Crippen molar-refractivity contribution in [3.63, 3.8) is 0 Å². The van der Waals surface area contributed by atoms with Crippen LogP contribution in [0, 0.1) is 30.3 Å². The number of non-ortho nitro benzene ring substituents is 3. The molecule has 6 rings (SSSR count). The average Bonchev–Trinajstić information content (AvgIpc) is 3.80. The zero-order valence-electron chi connectivity index (χ0n) is 30.4. The lowest BCUT2D eigenvalue weighted by molar-refractivity contribution is -0.385. The maximum Gasteiger partial charge on any atom is 0.408 e. The molecule has 0 bridgehead atoms. The van der Waals surface area contributed by atoms with Gasteiger partial charge in [0.15, 0.2) is 5.54 Å². The van der Waals surface area contributed by atoms with Crippen molar-refractivity contribution in [2.45, 2.75) is 80.2 Å². The summed E-state index contributed by atoms with van der Waals surface area (Å²) in [6.45, 7) is 0.735. The van der Waals surface area contributed by atoms with E-state index >= 15 is 0 Å². The molecule has 0 aromatic heterocycles. The number of fused-ring (bicyclic) bond motifs is 3. The van der Waals surface area contributed by atoms with Crippen molar-refractivity contribution in [1.29, 1.82) is 0 Å². The number of carbonyl (C=O) groups excluding carboxylic acids is 5. The number of nitro groups is 3. The van der Waals surface area contributed by atoms with Gasteiger partial charge in [0.2, 0.25) is 11.8 Å². The number of nitrogens with one attached hydrogen (secondary N) is 2. The molecule has 3 amide bonds. The Hall–Kier alpha value is -6.84. The average molecular weight is 823 g/mol. The number of carbonyl (C=O) groups is 5. The van der Waals surface area contributed by atoms with Gasteiger partial charge < -0.3 is 29.7 Å². The van der Waals surface area contributed by atoms with E-state index in [1.807, 2.05) is 0 Å². The van der Waals surface area contributed by atoms with E-state index in [2.05, 4.69) is 10.6 Å². The molecule has 304 valence electrons. The Balaban J connectivity index is 1.03. The summed E-state index contributed by atoms with van der Waals surface area (Å²) in [4.78, 5) is 97.8. The first-order valence-electron chi connectivity index (χ1n) is 17.6. The molecule has 21 nitrogen and oxygen atoms in total. The van der Waals surface area contributed by atoms with Gasteiger partial charge in [-0.3, -0.25) is 44.1 Å². The first-order valence-corrected chi connectivity index (χ1v) is 18.8. The topological polar surface area (TPSA) is 287 Å². The Morgan fingerprint density at radius 2 is 1.26 bits per heavy atom. The Kier molecular flexibility index (Phi) is 11.5. The number of amides is 3. The van der Waals surface area contributed by atoms with Crippen molar-refractivity contribution in [2.24, 2.45) is 0 Å². The van der Waals surface area contributed by atoms with Gasteiger partial charge in [-0.1, -0.05) is 0 Å². The van der Waals surface area contributed by atoms with Crippen molar-refractivity contribution >= 4 is 57.7 Å². The number of rotatable bonds is 17. The van der Waals surface area contributed by atoms with Crippen LogP contribution in [0.25, 0.3) is 0 Å². The third-order valence-corrected chi connectivity index (χ3v) is 12.4. The number of β-lactam (4-membered cyclic amide) rings is 1. The third-order valence-electron chi connectivity index (χ3n) is 10.2. The summed E-state index contributed by atoms with van der Waals surface area (Å²) in [5.74, 6) is -2.98. The minimum Gasteiger partial charge on any atom is -0.459 e. The summed E-state index contributed by atoms with van der Waals surface area (Å²) >= 11 is 0. The molecule has 3 aromatic rings. The van der Waals surface area contributed by atoms with Crippen LogP contribution < -0.4 is 10.6 Å². The van der Waals surface area contributed by atoms with Crippen molar-refractivity contribution in [2.75, 3.05) is 0 Å². The van der Waals surface area contributed by atoms with E-state index in [4.69, 9.17) is 14.2 Å². The van der Waals surface area contributed by atoms with E-state index in [9.17, 15) is 58.5 Å². The number of hydrogen-bond donors (Lipinski definition) is 2. The molecule has 1 aliphatic carbocycles. The van der Waals surface area contributed by atoms with Crippen LogP contribution >= 0.6 is 0 Å². The fourth-order valence-electron chi connectivity index (χ4n) is 6.86. The van der Waals surface area contributed by atoms with Gasteiger partial charge >= 0.3 is 18.0 Å². The molecule has 3 aliphatic rings. The molecule has 6 atom stereocenters. The molecular formula is C36H34N6O15S. The molecule has 1 saturated carbocycles. The van der Waals surface area contributed by atoms with E-state index in [0.29, 0.717) is 16.7 Å². The van der Waals surface area contributed by atoms with Crippen LogP contribution in [0.1, 0.15) is 49.3 Å². The van der Waals surface area contributed by atoms with Crippen LogP contribution in [-0.2, 0) is 64.0 Å². The monoisotopic (exact) mass is 822 g/mol. The van der Waals surface area contributed by atoms with Gasteiger partial charge in [-0.25, -0.2) is 14.4 Å². The Morgan fingerprint density at radius 3 is 1.74 bits per heavy atom. The highest BCUT2D eigenvalue weighted by Crippen LogP contribution is 2.66. The fourth-order valence-corrected chi connectivity index (χ4v) is 9.16. The Labute approximate surface area is 329 Å². The summed E-state index contributed by atoms with van der Waals surface area (Å²) < 4.78 is 28.4. The van der Waals surface area contributed by atoms with Crippen molar-refractivity contribution in [3.05, 3.63) is 120 Å². The molecule has 2 heterocycles. The van der Waals surface area contributed by atoms with Crippen LogP contribution in [-0.4, -0.2) is 81.5 Å². The number of nitro benzene ring substituents is 3. The molecule has 0 radical (unpaired) electrons. The van der Waals surface area contributed by atoms with Gasteiger partial charge in [0, 0.05) is 49.2 Å². The zero-order valence-corrected chi connectivity index (χ0v) is 31.2. The van der Waals surface area contributed by atoms with E-state index in [1.54, 1.807) is 6.92 Å². The van der Waals surface area contributed by atoms with Crippen molar-refractivity contribution in [1.82, 2.24) is 15.5 Å². The van der Waals surface area contributed by atoms with Gasteiger partial charge in [0.05, 0.1) is 30.3 Å². The Morgan fingerprint density at radius 1 is 0.793 bits per heavy atom. The molecule has 2 saturated heterocycles. The van der Waals surface area contributed by atoms with E-state index in [-0.39, 0.29) is 62.6 Å². The van der Waals surface area contributed by atoms with Crippen LogP contribution in [0.3, 0.4) is 0 Å². The molecule has 3 fully saturated rings. The van der Waals surface area contributed by atoms with Crippen molar-refractivity contribution < 1.29 is 57.2 Å². The predicted molar refractivity (Wildman–Crippen MR) is 196 cm³/mol. The fraction of sp³-hybridized carbons (Fsp3) is 0.361. The molecule has 2 aliphatic heterocycles. The molecule has 2 N–H and O–H groups in total. The van der Waals surface area contributed by atoms with Gasteiger partial charge in [0.25, 0.3) is 17.1 Å². The maximum absolute atomic E-state index is 13.6. The van der Waals surface area contributed by atoms with Crippen LogP contribution in [0.2, 0.25) is 0 Å². The first kappa shape index (κ1) is 40.8. The van der Waals surface area contributed by atoms with Crippen molar-refractivity contribution in [3.8, 4) is 0 Å². The van der Waals surface area contributed by atoms with E-state index in [1.165, 1.54) is 77.7 Å². The quantitative estimate of drug-likeness (QED) is 0.0651.